The van der Waals surface area contributed by atoms with Gasteiger partial charge in [-0.05, 0) is 39.2 Å². The molecule has 2 rings (SSSR count). The fraction of sp³-hybridized carbons (Fsp3) is 0.381. The molecule has 1 atom stereocenters. The van der Waals surface area contributed by atoms with Gasteiger partial charge in [0.25, 0.3) is 0 Å². The van der Waals surface area contributed by atoms with Crippen LogP contribution in [0.4, 0.5) is 22.0 Å². The van der Waals surface area contributed by atoms with Crippen molar-refractivity contribution >= 4 is 15.8 Å². The molecule has 0 saturated carbocycles. The van der Waals surface area contributed by atoms with Crippen molar-refractivity contribution in [1.29, 1.82) is 0 Å². The van der Waals surface area contributed by atoms with Gasteiger partial charge >= 0.3 is 5.97 Å². The first-order chi connectivity index (χ1) is 14.2. The van der Waals surface area contributed by atoms with E-state index in [9.17, 15) is 35.2 Å². The van der Waals surface area contributed by atoms with Crippen molar-refractivity contribution in [3.05, 3.63) is 65.0 Å². The number of benzene rings is 2. The summed E-state index contributed by atoms with van der Waals surface area (Å²) < 4.78 is 98.9. The molecule has 0 spiro atoms. The Morgan fingerprint density at radius 2 is 1.39 bits per heavy atom. The molecule has 0 aliphatic carbocycles. The molecule has 4 nitrogen and oxygen atoms in total. The van der Waals surface area contributed by atoms with E-state index in [1.165, 1.54) is 20.8 Å². The van der Waals surface area contributed by atoms with E-state index in [1.807, 2.05) is 0 Å². The molecular weight excluding hydrogens is 443 g/mol. The Hall–Kier alpha value is -2.49. The Bertz CT molecular complexity index is 1030. The van der Waals surface area contributed by atoms with Gasteiger partial charge < -0.3 is 4.74 Å². The van der Waals surface area contributed by atoms with Gasteiger partial charge in [-0.15, -0.1) is 0 Å². The van der Waals surface area contributed by atoms with Crippen LogP contribution in [0.3, 0.4) is 0 Å². The van der Waals surface area contributed by atoms with Crippen LogP contribution < -0.4 is 0 Å². The first kappa shape index (κ1) is 24.8. The first-order valence-electron chi connectivity index (χ1n) is 9.25. The van der Waals surface area contributed by atoms with E-state index in [1.54, 1.807) is 30.3 Å². The highest BCUT2D eigenvalue weighted by Gasteiger charge is 2.37. The standard InChI is InChI=1S/C21H21F5O4S/c1-21(2,3)30-20(27)13(10-9-12-7-5-4-6-8-12)11-31(28,29)19-17(25)15(23)14(22)16(24)18(19)26/h4-8,13H,9-11H2,1-3H3/t13-/m1/s1. The molecule has 170 valence electrons. The lowest BCUT2D eigenvalue weighted by molar-refractivity contribution is -0.159. The predicted molar refractivity (Wildman–Crippen MR) is 102 cm³/mol. The van der Waals surface area contributed by atoms with Crippen LogP contribution in [0.15, 0.2) is 35.2 Å². The number of aryl methyl sites for hydroxylation is 1. The summed E-state index contributed by atoms with van der Waals surface area (Å²) in [6.07, 6.45) is 0.130. The van der Waals surface area contributed by atoms with E-state index < -0.39 is 67.1 Å². The normalized spacial score (nSPS) is 13.2. The molecule has 0 unspecified atom stereocenters. The van der Waals surface area contributed by atoms with E-state index >= 15 is 0 Å². The second-order valence-corrected chi connectivity index (χ2v) is 9.91. The molecule has 0 radical (unpaired) electrons. The van der Waals surface area contributed by atoms with E-state index in [2.05, 4.69) is 0 Å². The zero-order valence-electron chi connectivity index (χ0n) is 17.0. The molecule has 10 heteroatoms. The maximum absolute atomic E-state index is 14.1. The molecule has 0 saturated heterocycles. The topological polar surface area (TPSA) is 60.4 Å². The molecule has 2 aromatic rings. The molecule has 0 aromatic heterocycles. The van der Waals surface area contributed by atoms with Crippen LogP contribution in [0, 0.1) is 35.0 Å². The Morgan fingerprint density at radius 1 is 0.903 bits per heavy atom. The van der Waals surface area contributed by atoms with Gasteiger partial charge in [0.05, 0.1) is 11.7 Å². The Kier molecular flexibility index (Phi) is 7.46. The monoisotopic (exact) mass is 464 g/mol. The first-order valence-corrected chi connectivity index (χ1v) is 10.9. The minimum absolute atomic E-state index is 0.0897. The third-order valence-electron chi connectivity index (χ3n) is 4.27. The van der Waals surface area contributed by atoms with Crippen LogP contribution in [0.1, 0.15) is 32.8 Å². The van der Waals surface area contributed by atoms with Crippen LogP contribution in [0.5, 0.6) is 0 Å². The van der Waals surface area contributed by atoms with E-state index in [4.69, 9.17) is 4.74 Å². The highest BCUT2D eigenvalue weighted by Crippen LogP contribution is 2.29. The zero-order chi connectivity index (χ0) is 23.6. The van der Waals surface area contributed by atoms with Gasteiger partial charge in [0.15, 0.2) is 33.1 Å². The Balaban J connectivity index is 2.42. The number of sulfone groups is 1. The third kappa shape index (κ3) is 6.03. The van der Waals surface area contributed by atoms with Crippen LogP contribution in [0.25, 0.3) is 0 Å². The van der Waals surface area contributed by atoms with Crippen LogP contribution in [-0.2, 0) is 25.8 Å². The van der Waals surface area contributed by atoms with Crippen molar-refractivity contribution in [2.75, 3.05) is 5.75 Å². The highest BCUT2D eigenvalue weighted by molar-refractivity contribution is 7.91. The largest absolute Gasteiger partial charge is 0.460 e. The fourth-order valence-corrected chi connectivity index (χ4v) is 4.57. The summed E-state index contributed by atoms with van der Waals surface area (Å²) in [5.41, 5.74) is -0.235. The smallest absolute Gasteiger partial charge is 0.310 e. The number of hydrogen-bond acceptors (Lipinski definition) is 4. The van der Waals surface area contributed by atoms with Crippen molar-refractivity contribution in [3.63, 3.8) is 0 Å². The minimum atomic E-state index is -5.09. The summed E-state index contributed by atoms with van der Waals surface area (Å²) in [6, 6.07) is 8.66. The van der Waals surface area contributed by atoms with Gasteiger partial charge in [-0.1, -0.05) is 30.3 Å². The van der Waals surface area contributed by atoms with Gasteiger partial charge in [-0.2, -0.15) is 0 Å². The molecule has 0 aliphatic heterocycles. The molecule has 0 aliphatic rings. The van der Waals surface area contributed by atoms with Crippen molar-refractivity contribution in [1.82, 2.24) is 0 Å². The summed E-state index contributed by atoms with van der Waals surface area (Å²) in [6.45, 7) is 4.62. The number of hydrogen-bond donors (Lipinski definition) is 0. The molecule has 0 bridgehead atoms. The van der Waals surface area contributed by atoms with Crippen LogP contribution >= 0.6 is 0 Å². The van der Waals surface area contributed by atoms with Crippen molar-refractivity contribution < 1.29 is 39.9 Å². The summed E-state index contributed by atoms with van der Waals surface area (Å²) in [4.78, 5) is 10.6. The summed E-state index contributed by atoms with van der Waals surface area (Å²) in [7, 11) is -5.09. The second kappa shape index (κ2) is 9.33. The van der Waals surface area contributed by atoms with Gasteiger partial charge in [0.2, 0.25) is 5.82 Å². The van der Waals surface area contributed by atoms with Crippen molar-refractivity contribution in [2.24, 2.45) is 5.92 Å². The quantitative estimate of drug-likeness (QED) is 0.195. The number of carbonyl (C=O) groups excluding carboxylic acids is 1. The maximum atomic E-state index is 14.1. The van der Waals surface area contributed by atoms with Crippen molar-refractivity contribution in [2.45, 2.75) is 44.1 Å². The lowest BCUT2D eigenvalue weighted by atomic mass is 10.0. The molecule has 0 heterocycles. The molecule has 2 aromatic carbocycles. The number of halogens is 5. The number of ether oxygens (including phenoxy) is 1. The number of esters is 1. The lowest BCUT2D eigenvalue weighted by Gasteiger charge is -2.24. The van der Waals surface area contributed by atoms with Gasteiger partial charge in [-0.25, -0.2) is 30.4 Å². The fourth-order valence-electron chi connectivity index (χ4n) is 2.85. The van der Waals surface area contributed by atoms with Gasteiger partial charge in [0.1, 0.15) is 10.5 Å². The second-order valence-electron chi connectivity index (χ2n) is 7.94. The average molecular weight is 464 g/mol. The predicted octanol–water partition coefficient (Wildman–Crippen LogP) is 4.75. The molecule has 31 heavy (non-hydrogen) atoms. The summed E-state index contributed by atoms with van der Waals surface area (Å²) >= 11 is 0. The Labute approximate surface area is 177 Å². The SMILES string of the molecule is CC(C)(C)OC(=O)[C@H](CCc1ccccc1)CS(=O)(=O)c1c(F)c(F)c(F)c(F)c1F. The summed E-state index contributed by atoms with van der Waals surface area (Å²) in [5.74, 6) is -15.7. The maximum Gasteiger partial charge on any atom is 0.310 e. The van der Waals surface area contributed by atoms with E-state index in [-0.39, 0.29) is 12.8 Å². The van der Waals surface area contributed by atoms with Crippen LogP contribution in [0.2, 0.25) is 0 Å². The van der Waals surface area contributed by atoms with Gasteiger partial charge in [0, 0.05) is 0 Å². The molecular formula is C21H21F5O4S. The van der Waals surface area contributed by atoms with E-state index in [0.717, 1.165) is 5.56 Å². The van der Waals surface area contributed by atoms with E-state index in [0.29, 0.717) is 0 Å². The Morgan fingerprint density at radius 3 is 1.87 bits per heavy atom. The van der Waals surface area contributed by atoms with Crippen LogP contribution in [-0.4, -0.2) is 25.7 Å². The number of rotatable bonds is 7. The number of carbonyl (C=O) groups is 1. The molecule has 0 N–H and O–H groups in total. The minimum Gasteiger partial charge on any atom is -0.460 e. The molecule has 0 fully saturated rings. The van der Waals surface area contributed by atoms with Gasteiger partial charge in [-0.3, -0.25) is 4.79 Å². The lowest BCUT2D eigenvalue weighted by Crippen LogP contribution is -2.33. The zero-order valence-corrected chi connectivity index (χ0v) is 17.8. The van der Waals surface area contributed by atoms with Crippen molar-refractivity contribution in [3.8, 4) is 0 Å². The summed E-state index contributed by atoms with van der Waals surface area (Å²) in [5, 5.41) is 0. The average Bonchev–Trinajstić information content (AvgIpc) is 2.67. The molecule has 0 amide bonds. The highest BCUT2D eigenvalue weighted by atomic mass is 32.2. The third-order valence-corrected chi connectivity index (χ3v) is 6.09.